The molecule has 0 amide bonds. The number of ether oxygens (including phenoxy) is 1. The van der Waals surface area contributed by atoms with E-state index in [2.05, 4.69) is 4.98 Å². The highest BCUT2D eigenvalue weighted by atomic mass is 35.5. The van der Waals surface area contributed by atoms with Gasteiger partial charge < -0.3 is 9.84 Å². The van der Waals surface area contributed by atoms with Gasteiger partial charge in [0, 0.05) is 17.6 Å². The van der Waals surface area contributed by atoms with Crippen LogP contribution in [0.4, 0.5) is 0 Å². The van der Waals surface area contributed by atoms with E-state index in [1.807, 2.05) is 42.5 Å². The normalized spacial score (nSPS) is 10.5. The fourth-order valence-corrected chi connectivity index (χ4v) is 2.87. The molecular formula is C20H16ClNO3. The van der Waals surface area contributed by atoms with Crippen LogP contribution in [0.25, 0.3) is 11.1 Å². The predicted molar refractivity (Wildman–Crippen MR) is 97.4 cm³/mol. The molecule has 0 spiro atoms. The Labute approximate surface area is 150 Å². The molecule has 0 saturated heterocycles. The number of carboxylic acids is 1. The van der Waals surface area contributed by atoms with Gasteiger partial charge in [0.15, 0.2) is 0 Å². The van der Waals surface area contributed by atoms with Crippen LogP contribution in [-0.4, -0.2) is 23.2 Å². The van der Waals surface area contributed by atoms with E-state index >= 15 is 0 Å². The lowest BCUT2D eigenvalue weighted by molar-refractivity contribution is 0.0695. The Bertz CT molecular complexity index is 924. The summed E-state index contributed by atoms with van der Waals surface area (Å²) in [7, 11) is 1.63. The number of aromatic carboxylic acids is 1. The van der Waals surface area contributed by atoms with Crippen LogP contribution in [-0.2, 0) is 6.42 Å². The first-order valence-corrected chi connectivity index (χ1v) is 8.06. The molecule has 25 heavy (non-hydrogen) atoms. The monoisotopic (exact) mass is 353 g/mol. The van der Waals surface area contributed by atoms with Gasteiger partial charge in [-0.2, -0.15) is 0 Å². The van der Waals surface area contributed by atoms with Crippen LogP contribution < -0.4 is 4.74 Å². The summed E-state index contributed by atoms with van der Waals surface area (Å²) >= 11 is 6.43. The lowest BCUT2D eigenvalue weighted by Gasteiger charge is -2.10. The third kappa shape index (κ3) is 3.80. The van der Waals surface area contributed by atoms with E-state index in [0.717, 1.165) is 22.4 Å². The summed E-state index contributed by atoms with van der Waals surface area (Å²) in [4.78, 5) is 15.5. The Morgan fingerprint density at radius 1 is 1.12 bits per heavy atom. The second-order valence-electron chi connectivity index (χ2n) is 5.52. The maximum absolute atomic E-state index is 11.3. The summed E-state index contributed by atoms with van der Waals surface area (Å²) < 4.78 is 5.25. The van der Waals surface area contributed by atoms with Crippen LogP contribution in [0, 0.1) is 0 Å². The van der Waals surface area contributed by atoms with Crippen molar-refractivity contribution in [3.05, 3.63) is 82.6 Å². The van der Waals surface area contributed by atoms with Crippen molar-refractivity contribution < 1.29 is 14.6 Å². The highest BCUT2D eigenvalue weighted by Crippen LogP contribution is 2.29. The van der Waals surface area contributed by atoms with E-state index in [-0.39, 0.29) is 5.56 Å². The van der Waals surface area contributed by atoms with Crippen molar-refractivity contribution >= 4 is 17.6 Å². The number of rotatable bonds is 5. The average molecular weight is 354 g/mol. The van der Waals surface area contributed by atoms with Crippen LogP contribution in [0.2, 0.25) is 5.02 Å². The van der Waals surface area contributed by atoms with Crippen molar-refractivity contribution in [2.24, 2.45) is 0 Å². The lowest BCUT2D eigenvalue weighted by atomic mass is 10.0. The molecule has 1 aromatic heterocycles. The minimum absolute atomic E-state index is 0.190. The minimum atomic E-state index is -0.993. The van der Waals surface area contributed by atoms with Gasteiger partial charge >= 0.3 is 5.97 Å². The van der Waals surface area contributed by atoms with Gasteiger partial charge in [0.25, 0.3) is 0 Å². The second-order valence-corrected chi connectivity index (χ2v) is 5.92. The van der Waals surface area contributed by atoms with E-state index in [1.165, 1.54) is 0 Å². The Morgan fingerprint density at radius 3 is 2.64 bits per heavy atom. The van der Waals surface area contributed by atoms with E-state index in [1.54, 1.807) is 25.4 Å². The summed E-state index contributed by atoms with van der Waals surface area (Å²) in [5, 5.41) is 9.84. The van der Waals surface area contributed by atoms with Crippen molar-refractivity contribution in [3.63, 3.8) is 0 Å². The largest absolute Gasteiger partial charge is 0.497 e. The zero-order valence-electron chi connectivity index (χ0n) is 13.6. The minimum Gasteiger partial charge on any atom is -0.497 e. The third-order valence-electron chi connectivity index (χ3n) is 3.93. The molecule has 0 aliphatic rings. The molecule has 126 valence electrons. The lowest BCUT2D eigenvalue weighted by Crippen LogP contribution is -2.05. The Kier molecular flexibility index (Phi) is 5.00. The molecule has 0 aliphatic heterocycles. The van der Waals surface area contributed by atoms with Crippen molar-refractivity contribution in [1.29, 1.82) is 0 Å². The number of benzene rings is 2. The molecule has 1 N–H and O–H groups in total. The highest BCUT2D eigenvalue weighted by Gasteiger charge is 2.13. The molecule has 3 rings (SSSR count). The number of halogens is 1. The Balaban J connectivity index is 1.92. The first-order valence-electron chi connectivity index (χ1n) is 7.68. The van der Waals surface area contributed by atoms with Crippen molar-refractivity contribution in [2.45, 2.75) is 6.42 Å². The van der Waals surface area contributed by atoms with Crippen molar-refractivity contribution in [3.8, 4) is 16.9 Å². The number of carbonyl (C=O) groups is 1. The SMILES string of the molecule is COc1cccc(-c2ccc(Cc3ncccc3C(=O)O)c(Cl)c2)c1. The van der Waals surface area contributed by atoms with Gasteiger partial charge in [-0.1, -0.05) is 35.9 Å². The first kappa shape index (κ1) is 17.0. The molecule has 0 bridgehead atoms. The summed E-state index contributed by atoms with van der Waals surface area (Å²) in [5.41, 5.74) is 3.47. The van der Waals surface area contributed by atoms with Crippen molar-refractivity contribution in [1.82, 2.24) is 4.98 Å². The van der Waals surface area contributed by atoms with Gasteiger partial charge in [-0.15, -0.1) is 0 Å². The summed E-state index contributed by atoms with van der Waals surface area (Å²) in [5.74, 6) is -0.218. The number of nitrogens with zero attached hydrogens (tertiary/aromatic N) is 1. The molecule has 0 aliphatic carbocycles. The molecule has 0 fully saturated rings. The van der Waals surface area contributed by atoms with Crippen LogP contribution >= 0.6 is 11.6 Å². The van der Waals surface area contributed by atoms with E-state index in [9.17, 15) is 9.90 Å². The van der Waals surface area contributed by atoms with Gasteiger partial charge in [-0.25, -0.2) is 4.79 Å². The van der Waals surface area contributed by atoms with E-state index < -0.39 is 5.97 Å². The number of hydrogen-bond donors (Lipinski definition) is 1. The molecule has 3 aromatic rings. The quantitative estimate of drug-likeness (QED) is 0.722. The van der Waals surface area contributed by atoms with Gasteiger partial charge in [0.2, 0.25) is 0 Å². The van der Waals surface area contributed by atoms with Crippen molar-refractivity contribution in [2.75, 3.05) is 7.11 Å². The van der Waals surface area contributed by atoms with Crippen LogP contribution in [0.1, 0.15) is 21.6 Å². The Hall–Kier alpha value is -2.85. The third-order valence-corrected chi connectivity index (χ3v) is 4.29. The number of aromatic nitrogens is 1. The fourth-order valence-electron chi connectivity index (χ4n) is 2.63. The maximum atomic E-state index is 11.3. The van der Waals surface area contributed by atoms with Crippen LogP contribution in [0.5, 0.6) is 5.75 Å². The number of methoxy groups -OCH3 is 1. The molecule has 0 saturated carbocycles. The second kappa shape index (κ2) is 7.36. The number of carboxylic acid groups (broad SMARTS) is 1. The molecule has 4 nitrogen and oxygen atoms in total. The molecule has 1 heterocycles. The zero-order chi connectivity index (χ0) is 17.8. The number of hydrogen-bond acceptors (Lipinski definition) is 3. The van der Waals surface area contributed by atoms with Gasteiger partial charge in [0.1, 0.15) is 5.75 Å². The van der Waals surface area contributed by atoms with E-state index in [4.69, 9.17) is 16.3 Å². The topological polar surface area (TPSA) is 59.4 Å². The van der Waals surface area contributed by atoms with Crippen LogP contribution in [0.15, 0.2) is 60.8 Å². The fraction of sp³-hybridized carbons (Fsp3) is 0.100. The molecule has 0 atom stereocenters. The molecule has 0 unspecified atom stereocenters. The summed E-state index contributed by atoms with van der Waals surface area (Å²) in [6, 6.07) is 16.6. The summed E-state index contributed by atoms with van der Waals surface area (Å²) in [6.45, 7) is 0. The highest BCUT2D eigenvalue weighted by molar-refractivity contribution is 6.31. The van der Waals surface area contributed by atoms with Gasteiger partial charge in [-0.05, 0) is 47.0 Å². The number of pyridine rings is 1. The standard InChI is InChI=1S/C20H16ClNO3/c1-25-16-5-2-4-13(10-16)14-7-8-15(18(21)11-14)12-19-17(20(23)24)6-3-9-22-19/h2-11H,12H2,1H3,(H,23,24). The first-order chi connectivity index (χ1) is 12.1. The average Bonchev–Trinajstić information content (AvgIpc) is 2.63. The predicted octanol–water partition coefficient (Wildman–Crippen LogP) is 4.70. The van der Waals surface area contributed by atoms with Crippen LogP contribution in [0.3, 0.4) is 0 Å². The molecule has 0 radical (unpaired) electrons. The van der Waals surface area contributed by atoms with Gasteiger partial charge in [0.05, 0.1) is 18.4 Å². The Morgan fingerprint density at radius 2 is 1.92 bits per heavy atom. The summed E-state index contributed by atoms with van der Waals surface area (Å²) in [6.07, 6.45) is 1.94. The van der Waals surface area contributed by atoms with E-state index in [0.29, 0.717) is 17.1 Å². The zero-order valence-corrected chi connectivity index (χ0v) is 14.3. The van der Waals surface area contributed by atoms with Gasteiger partial charge in [-0.3, -0.25) is 4.98 Å². The molecular weight excluding hydrogens is 338 g/mol. The smallest absolute Gasteiger partial charge is 0.337 e. The molecule has 2 aromatic carbocycles. The molecule has 5 heteroatoms. The maximum Gasteiger partial charge on any atom is 0.337 e.